The van der Waals surface area contributed by atoms with E-state index in [0.717, 1.165) is 21.7 Å². The summed E-state index contributed by atoms with van der Waals surface area (Å²) in [4.78, 5) is 28.4. The lowest BCUT2D eigenvalue weighted by molar-refractivity contribution is -0.140. The van der Waals surface area contributed by atoms with E-state index >= 15 is 0 Å². The van der Waals surface area contributed by atoms with E-state index in [2.05, 4.69) is 5.32 Å². The molecular weight excluding hydrogens is 542 g/mol. The van der Waals surface area contributed by atoms with Gasteiger partial charge >= 0.3 is 0 Å². The number of carbonyl (C=O) groups is 2. The van der Waals surface area contributed by atoms with Crippen molar-refractivity contribution < 1.29 is 27.5 Å². The Morgan fingerprint density at radius 3 is 2.02 bits per heavy atom. The highest BCUT2D eigenvalue weighted by atomic mass is 32.2. The Hall–Kier alpha value is -4.05. The molecule has 0 saturated carbocycles. The molecule has 41 heavy (non-hydrogen) atoms. The summed E-state index contributed by atoms with van der Waals surface area (Å²) in [6.45, 7) is 5.53. The number of carbonyl (C=O) groups excluding carboxylic acids is 2. The number of nitrogens with one attached hydrogen (secondary N) is 1. The first-order valence-corrected chi connectivity index (χ1v) is 15.3. The van der Waals surface area contributed by atoms with Gasteiger partial charge < -0.3 is 19.7 Å². The van der Waals surface area contributed by atoms with Gasteiger partial charge in [-0.25, -0.2) is 8.42 Å². The average Bonchev–Trinajstić information content (AvgIpc) is 2.95. The van der Waals surface area contributed by atoms with E-state index in [1.54, 1.807) is 43.5 Å². The van der Waals surface area contributed by atoms with Crippen LogP contribution in [0.4, 0.5) is 5.69 Å². The van der Waals surface area contributed by atoms with Crippen molar-refractivity contribution in [3.05, 3.63) is 90.0 Å². The quantitative estimate of drug-likeness (QED) is 0.303. The summed E-state index contributed by atoms with van der Waals surface area (Å²) < 4.78 is 37.8. The van der Waals surface area contributed by atoms with Crippen LogP contribution in [0.1, 0.15) is 38.3 Å². The van der Waals surface area contributed by atoms with Crippen LogP contribution in [0.15, 0.2) is 78.9 Å². The normalized spacial score (nSPS) is 12.0. The van der Waals surface area contributed by atoms with Crippen molar-refractivity contribution >= 4 is 27.5 Å². The molecule has 1 N–H and O–H groups in total. The fourth-order valence-electron chi connectivity index (χ4n) is 4.29. The van der Waals surface area contributed by atoms with Gasteiger partial charge in [-0.2, -0.15) is 0 Å². The number of hydrogen-bond acceptors (Lipinski definition) is 6. The summed E-state index contributed by atoms with van der Waals surface area (Å²) in [7, 11) is -2.27. The van der Waals surface area contributed by atoms with E-state index in [9.17, 15) is 18.0 Å². The molecule has 0 aliphatic heterocycles. The first kappa shape index (κ1) is 31.5. The van der Waals surface area contributed by atoms with Crippen LogP contribution in [-0.4, -0.2) is 57.1 Å². The Kier molecular flexibility index (Phi) is 11.2. The van der Waals surface area contributed by atoms with Crippen molar-refractivity contribution in [2.24, 2.45) is 0 Å². The Morgan fingerprint density at radius 2 is 1.49 bits per heavy atom. The molecule has 0 unspecified atom stereocenters. The predicted octanol–water partition coefficient (Wildman–Crippen LogP) is 4.37. The Bertz CT molecular complexity index is 1380. The number of hydrogen-bond donors (Lipinski definition) is 1. The molecule has 0 radical (unpaired) electrons. The molecule has 0 fully saturated rings. The smallest absolute Gasteiger partial charge is 0.244 e. The summed E-state index contributed by atoms with van der Waals surface area (Å²) in [6, 6.07) is 22.5. The standard InChI is InChI=1S/C31H39N3O6S/c1-6-29(31(36)32-23(2)3)33(20-24-12-16-27(39-4)17-13-24)30(35)21-34(41(5,37)38)26-14-18-28(19-15-26)40-22-25-10-8-7-9-11-25/h7-19,23,29H,6,20-22H2,1-5H3,(H,32,36)/t29-/m1/s1. The maximum absolute atomic E-state index is 13.8. The Labute approximate surface area is 243 Å². The van der Waals surface area contributed by atoms with Crippen LogP contribution in [0, 0.1) is 0 Å². The van der Waals surface area contributed by atoms with Gasteiger partial charge in [0, 0.05) is 12.6 Å². The van der Waals surface area contributed by atoms with Crippen LogP contribution in [0.5, 0.6) is 11.5 Å². The molecule has 3 aromatic carbocycles. The number of methoxy groups -OCH3 is 1. The molecule has 0 bridgehead atoms. The van der Waals surface area contributed by atoms with Crippen LogP contribution in [0.25, 0.3) is 0 Å². The number of amides is 2. The molecule has 0 aromatic heterocycles. The number of sulfonamides is 1. The van der Waals surface area contributed by atoms with Crippen molar-refractivity contribution in [1.82, 2.24) is 10.2 Å². The van der Waals surface area contributed by atoms with Crippen molar-refractivity contribution in [3.8, 4) is 11.5 Å². The van der Waals surface area contributed by atoms with Crippen LogP contribution in [-0.2, 0) is 32.8 Å². The van der Waals surface area contributed by atoms with Gasteiger partial charge in [0.1, 0.15) is 30.7 Å². The minimum atomic E-state index is -3.84. The molecule has 220 valence electrons. The number of rotatable bonds is 14. The second kappa shape index (κ2) is 14.5. The van der Waals surface area contributed by atoms with Crippen molar-refractivity contribution in [3.63, 3.8) is 0 Å². The fourth-order valence-corrected chi connectivity index (χ4v) is 5.14. The molecule has 3 aromatic rings. The maximum atomic E-state index is 13.8. The van der Waals surface area contributed by atoms with Crippen LogP contribution >= 0.6 is 0 Å². The molecule has 0 saturated heterocycles. The summed E-state index contributed by atoms with van der Waals surface area (Å²) >= 11 is 0. The molecule has 0 aliphatic carbocycles. The molecule has 10 heteroatoms. The first-order valence-electron chi connectivity index (χ1n) is 13.5. The Balaban J connectivity index is 1.85. The zero-order valence-corrected chi connectivity index (χ0v) is 25.1. The van der Waals surface area contributed by atoms with Crippen molar-refractivity contribution in [2.75, 3.05) is 24.2 Å². The second-order valence-corrected chi connectivity index (χ2v) is 11.9. The molecule has 0 spiro atoms. The van der Waals surface area contributed by atoms with Crippen molar-refractivity contribution in [1.29, 1.82) is 0 Å². The van der Waals surface area contributed by atoms with E-state index in [-0.39, 0.29) is 18.5 Å². The largest absolute Gasteiger partial charge is 0.497 e. The topological polar surface area (TPSA) is 105 Å². The molecular formula is C31H39N3O6S. The lowest BCUT2D eigenvalue weighted by atomic mass is 10.1. The number of benzene rings is 3. The zero-order valence-electron chi connectivity index (χ0n) is 24.2. The van der Waals surface area contributed by atoms with E-state index in [1.165, 1.54) is 4.90 Å². The monoisotopic (exact) mass is 581 g/mol. The van der Waals surface area contributed by atoms with Gasteiger partial charge in [0.05, 0.1) is 19.1 Å². The van der Waals surface area contributed by atoms with Gasteiger partial charge in [0.2, 0.25) is 21.8 Å². The number of nitrogens with zero attached hydrogens (tertiary/aromatic N) is 2. The number of ether oxygens (including phenoxy) is 2. The lowest BCUT2D eigenvalue weighted by Crippen LogP contribution is -2.53. The van der Waals surface area contributed by atoms with Crippen molar-refractivity contribution in [2.45, 2.75) is 52.4 Å². The highest BCUT2D eigenvalue weighted by Gasteiger charge is 2.32. The third kappa shape index (κ3) is 9.24. The first-order chi connectivity index (χ1) is 19.5. The third-order valence-corrected chi connectivity index (χ3v) is 7.52. The van der Waals surface area contributed by atoms with Gasteiger partial charge in [0.25, 0.3) is 0 Å². The van der Waals surface area contributed by atoms with Gasteiger partial charge in [0.15, 0.2) is 0 Å². The molecule has 0 heterocycles. The van der Waals surface area contributed by atoms with Gasteiger partial charge in [-0.3, -0.25) is 13.9 Å². The van der Waals surface area contributed by atoms with E-state index in [4.69, 9.17) is 9.47 Å². The van der Waals surface area contributed by atoms with Crippen LogP contribution in [0.3, 0.4) is 0 Å². The minimum Gasteiger partial charge on any atom is -0.497 e. The maximum Gasteiger partial charge on any atom is 0.244 e. The highest BCUT2D eigenvalue weighted by Crippen LogP contribution is 2.24. The average molecular weight is 582 g/mol. The minimum absolute atomic E-state index is 0.121. The van der Waals surface area contributed by atoms with Crippen LogP contribution in [0.2, 0.25) is 0 Å². The van der Waals surface area contributed by atoms with E-state index in [0.29, 0.717) is 30.2 Å². The molecule has 2 amide bonds. The zero-order chi connectivity index (χ0) is 30.0. The summed E-state index contributed by atoms with van der Waals surface area (Å²) in [5, 5.41) is 2.88. The highest BCUT2D eigenvalue weighted by molar-refractivity contribution is 7.92. The molecule has 1 atom stereocenters. The number of anilines is 1. The van der Waals surface area contributed by atoms with E-state index < -0.39 is 28.5 Å². The molecule has 9 nitrogen and oxygen atoms in total. The summed E-state index contributed by atoms with van der Waals surface area (Å²) in [5.41, 5.74) is 2.10. The molecule has 0 aliphatic rings. The summed E-state index contributed by atoms with van der Waals surface area (Å²) in [5.74, 6) is 0.433. The van der Waals surface area contributed by atoms with Crippen LogP contribution < -0.4 is 19.1 Å². The van der Waals surface area contributed by atoms with Gasteiger partial charge in [-0.05, 0) is 67.8 Å². The SMILES string of the molecule is CC[C@H](C(=O)NC(C)C)N(Cc1ccc(OC)cc1)C(=O)CN(c1ccc(OCc2ccccc2)cc1)S(C)(=O)=O. The summed E-state index contributed by atoms with van der Waals surface area (Å²) in [6.07, 6.45) is 1.41. The van der Waals surface area contributed by atoms with Gasteiger partial charge in [-0.1, -0.05) is 49.4 Å². The molecule has 3 rings (SSSR count). The lowest BCUT2D eigenvalue weighted by Gasteiger charge is -2.33. The third-order valence-electron chi connectivity index (χ3n) is 6.38. The predicted molar refractivity (Wildman–Crippen MR) is 160 cm³/mol. The fraction of sp³-hybridized carbons (Fsp3) is 0.355. The second-order valence-electron chi connectivity index (χ2n) is 9.99. The van der Waals surface area contributed by atoms with Gasteiger partial charge in [-0.15, -0.1) is 0 Å². The Morgan fingerprint density at radius 1 is 0.878 bits per heavy atom. The van der Waals surface area contributed by atoms with E-state index in [1.807, 2.05) is 63.2 Å².